The van der Waals surface area contributed by atoms with E-state index in [2.05, 4.69) is 15.1 Å². The van der Waals surface area contributed by atoms with Gasteiger partial charge in [0.25, 0.3) is 11.4 Å². The van der Waals surface area contributed by atoms with Crippen LogP contribution in [0.3, 0.4) is 0 Å². The summed E-state index contributed by atoms with van der Waals surface area (Å²) in [4.78, 5) is 33.3. The number of pyridine rings is 1. The minimum absolute atomic E-state index is 0.216. The molecule has 0 bridgehead atoms. The SMILES string of the molecule is Cn1c(=O)c2cc(-c3nc(C4(c5cccc(F)c5)CC4)no3)cnc2n(C)c1=O. The molecule has 3 heterocycles. The van der Waals surface area contributed by atoms with Crippen LogP contribution >= 0.6 is 0 Å². The first-order valence-electron chi connectivity index (χ1n) is 9.07. The second-order valence-electron chi connectivity index (χ2n) is 7.32. The molecule has 0 saturated heterocycles. The van der Waals surface area contributed by atoms with Gasteiger partial charge in [-0.3, -0.25) is 13.9 Å². The summed E-state index contributed by atoms with van der Waals surface area (Å²) in [5.74, 6) is 0.386. The van der Waals surface area contributed by atoms with E-state index in [1.807, 2.05) is 6.07 Å². The van der Waals surface area contributed by atoms with E-state index in [0.29, 0.717) is 11.4 Å². The smallest absolute Gasteiger partial charge is 0.332 e. The van der Waals surface area contributed by atoms with Crippen LogP contribution in [-0.2, 0) is 19.5 Å². The lowest BCUT2D eigenvalue weighted by Crippen LogP contribution is -2.37. The van der Waals surface area contributed by atoms with Gasteiger partial charge in [0, 0.05) is 20.3 Å². The van der Waals surface area contributed by atoms with E-state index in [-0.39, 0.29) is 22.7 Å². The molecular formula is C20H16FN5O3. The topological polar surface area (TPSA) is 95.8 Å². The van der Waals surface area contributed by atoms with Gasteiger partial charge in [-0.15, -0.1) is 0 Å². The Hall–Kier alpha value is -3.62. The van der Waals surface area contributed by atoms with E-state index in [0.717, 1.165) is 23.0 Å². The summed E-state index contributed by atoms with van der Waals surface area (Å²) >= 11 is 0. The lowest BCUT2D eigenvalue weighted by atomic mass is 9.95. The van der Waals surface area contributed by atoms with E-state index in [9.17, 15) is 14.0 Å². The van der Waals surface area contributed by atoms with Crippen LogP contribution in [-0.4, -0.2) is 24.3 Å². The van der Waals surface area contributed by atoms with Crippen molar-refractivity contribution in [2.45, 2.75) is 18.3 Å². The zero-order chi connectivity index (χ0) is 20.3. The molecule has 1 aromatic carbocycles. The molecule has 1 aliphatic carbocycles. The molecule has 29 heavy (non-hydrogen) atoms. The van der Waals surface area contributed by atoms with E-state index in [4.69, 9.17) is 4.52 Å². The molecule has 1 fully saturated rings. The van der Waals surface area contributed by atoms with Crippen LogP contribution in [0.5, 0.6) is 0 Å². The first-order valence-corrected chi connectivity index (χ1v) is 9.07. The van der Waals surface area contributed by atoms with Crippen molar-refractivity contribution in [2.75, 3.05) is 0 Å². The van der Waals surface area contributed by atoms with Gasteiger partial charge in [-0.2, -0.15) is 4.98 Å². The molecule has 0 spiro atoms. The van der Waals surface area contributed by atoms with Crippen LogP contribution < -0.4 is 11.2 Å². The minimum Gasteiger partial charge on any atom is -0.334 e. The van der Waals surface area contributed by atoms with Gasteiger partial charge in [0.05, 0.1) is 16.4 Å². The van der Waals surface area contributed by atoms with E-state index in [1.165, 1.54) is 29.9 Å². The van der Waals surface area contributed by atoms with Crippen molar-refractivity contribution >= 4 is 11.0 Å². The van der Waals surface area contributed by atoms with Crippen LogP contribution in [0.25, 0.3) is 22.5 Å². The maximum atomic E-state index is 13.7. The summed E-state index contributed by atoms with van der Waals surface area (Å²) < 4.78 is 21.4. The summed E-state index contributed by atoms with van der Waals surface area (Å²) in [5, 5.41) is 4.39. The number of benzene rings is 1. The van der Waals surface area contributed by atoms with Crippen molar-refractivity contribution < 1.29 is 8.91 Å². The Balaban J connectivity index is 1.60. The molecule has 8 nitrogen and oxygen atoms in total. The van der Waals surface area contributed by atoms with Gasteiger partial charge in [-0.05, 0) is 36.6 Å². The van der Waals surface area contributed by atoms with Crippen LogP contribution in [0.15, 0.2) is 50.6 Å². The molecule has 3 aromatic heterocycles. The first-order chi connectivity index (χ1) is 13.9. The fourth-order valence-electron chi connectivity index (χ4n) is 3.67. The van der Waals surface area contributed by atoms with Gasteiger partial charge in [0.2, 0.25) is 0 Å². The molecule has 146 valence electrons. The van der Waals surface area contributed by atoms with Crippen molar-refractivity contribution in [1.29, 1.82) is 0 Å². The van der Waals surface area contributed by atoms with E-state index in [1.54, 1.807) is 19.2 Å². The van der Waals surface area contributed by atoms with E-state index < -0.39 is 16.7 Å². The predicted octanol–water partition coefficient (Wildman–Crippen LogP) is 1.90. The molecule has 9 heteroatoms. The number of fused-ring (bicyclic) bond motifs is 1. The number of aromatic nitrogens is 5. The Morgan fingerprint density at radius 2 is 1.93 bits per heavy atom. The maximum absolute atomic E-state index is 13.7. The van der Waals surface area contributed by atoms with Crippen molar-refractivity contribution in [3.8, 4) is 11.5 Å². The van der Waals surface area contributed by atoms with Crippen LogP contribution in [0.1, 0.15) is 24.2 Å². The summed E-state index contributed by atoms with van der Waals surface area (Å²) in [6.45, 7) is 0. The first kappa shape index (κ1) is 17.5. The zero-order valence-corrected chi connectivity index (χ0v) is 15.7. The quantitative estimate of drug-likeness (QED) is 0.528. The summed E-state index contributed by atoms with van der Waals surface area (Å²) in [6.07, 6.45) is 3.09. The van der Waals surface area contributed by atoms with Crippen LogP contribution in [0.4, 0.5) is 4.39 Å². The molecule has 0 unspecified atom stereocenters. The van der Waals surface area contributed by atoms with Gasteiger partial charge in [0.1, 0.15) is 11.5 Å². The summed E-state index contributed by atoms with van der Waals surface area (Å²) in [6, 6.07) is 8.00. The molecule has 0 atom stereocenters. The second kappa shape index (κ2) is 5.94. The Kier molecular flexibility index (Phi) is 3.58. The minimum atomic E-state index is -0.450. The van der Waals surface area contributed by atoms with Crippen molar-refractivity contribution in [2.24, 2.45) is 14.1 Å². The molecule has 0 N–H and O–H groups in total. The third kappa shape index (κ3) is 2.54. The molecule has 0 aliphatic heterocycles. The van der Waals surface area contributed by atoms with E-state index >= 15 is 0 Å². The number of rotatable bonds is 3. The zero-order valence-electron chi connectivity index (χ0n) is 15.7. The summed E-state index contributed by atoms with van der Waals surface area (Å²) in [7, 11) is 2.97. The lowest BCUT2D eigenvalue weighted by Gasteiger charge is -2.10. The molecule has 0 radical (unpaired) electrons. The van der Waals surface area contributed by atoms with Gasteiger partial charge in [-0.1, -0.05) is 17.3 Å². The average Bonchev–Trinajstić information content (AvgIpc) is 3.40. The highest BCUT2D eigenvalue weighted by Crippen LogP contribution is 2.52. The molecule has 1 aliphatic rings. The molecule has 5 rings (SSSR count). The average molecular weight is 393 g/mol. The van der Waals surface area contributed by atoms with Crippen LogP contribution in [0, 0.1) is 5.82 Å². The molecule has 4 aromatic rings. The predicted molar refractivity (Wildman–Crippen MR) is 102 cm³/mol. The monoisotopic (exact) mass is 393 g/mol. The maximum Gasteiger partial charge on any atom is 0.332 e. The number of hydrogen-bond acceptors (Lipinski definition) is 6. The number of hydrogen-bond donors (Lipinski definition) is 0. The molecular weight excluding hydrogens is 377 g/mol. The normalized spacial score (nSPS) is 15.0. The third-order valence-electron chi connectivity index (χ3n) is 5.52. The van der Waals surface area contributed by atoms with Gasteiger partial charge < -0.3 is 4.52 Å². The lowest BCUT2D eigenvalue weighted by molar-refractivity contribution is 0.417. The highest BCUT2D eigenvalue weighted by atomic mass is 19.1. The molecule has 0 amide bonds. The van der Waals surface area contributed by atoms with Gasteiger partial charge in [0.15, 0.2) is 5.82 Å². The highest BCUT2D eigenvalue weighted by molar-refractivity contribution is 5.78. The second-order valence-corrected chi connectivity index (χ2v) is 7.32. The number of halogens is 1. The Morgan fingerprint density at radius 1 is 1.14 bits per heavy atom. The largest absolute Gasteiger partial charge is 0.334 e. The van der Waals surface area contributed by atoms with Crippen molar-refractivity contribution in [3.05, 3.63) is 74.6 Å². The standard InChI is InChI=1S/C20H16FN5O3/c1-25-15-14(17(27)26(2)19(25)28)8-11(10-22-15)16-23-18(24-29-16)20(6-7-20)12-4-3-5-13(21)9-12/h3-5,8-10H,6-7H2,1-2H3. The summed E-state index contributed by atoms with van der Waals surface area (Å²) in [5.41, 5.74) is 0.213. The fraction of sp³-hybridized carbons (Fsp3) is 0.250. The number of aryl methyl sites for hydroxylation is 1. The Morgan fingerprint density at radius 3 is 2.66 bits per heavy atom. The van der Waals surface area contributed by atoms with Gasteiger partial charge in [-0.25, -0.2) is 14.2 Å². The molecule has 1 saturated carbocycles. The Bertz CT molecular complexity index is 1400. The van der Waals surface area contributed by atoms with Crippen molar-refractivity contribution in [1.82, 2.24) is 24.3 Å². The van der Waals surface area contributed by atoms with Crippen molar-refractivity contribution in [3.63, 3.8) is 0 Å². The Labute approximate surface area is 163 Å². The third-order valence-corrected chi connectivity index (χ3v) is 5.52. The fourth-order valence-corrected chi connectivity index (χ4v) is 3.67. The number of nitrogens with zero attached hydrogens (tertiary/aromatic N) is 5. The van der Waals surface area contributed by atoms with Gasteiger partial charge >= 0.3 is 5.69 Å². The van der Waals surface area contributed by atoms with Crippen LogP contribution in [0.2, 0.25) is 0 Å². The highest BCUT2D eigenvalue weighted by Gasteiger charge is 2.50.